The van der Waals surface area contributed by atoms with Crippen LogP contribution < -0.4 is 37.9 Å². The number of rotatable bonds is 27. The molecule has 288 valence electrons. The first kappa shape index (κ1) is 43.7. The van der Waals surface area contributed by atoms with Gasteiger partial charge < -0.3 is 33.2 Å². The van der Waals surface area contributed by atoms with Crippen molar-refractivity contribution >= 4 is 39.5 Å². The van der Waals surface area contributed by atoms with Gasteiger partial charge in [-0.25, -0.2) is 13.1 Å². The van der Waals surface area contributed by atoms with Crippen molar-refractivity contribution in [1.29, 1.82) is 5.41 Å². The van der Waals surface area contributed by atoms with E-state index < -0.39 is 33.9 Å². The number of nitrogen functional groups attached to an aromatic ring is 1. The lowest BCUT2D eigenvalue weighted by Gasteiger charge is -2.23. The van der Waals surface area contributed by atoms with Crippen molar-refractivity contribution in [2.24, 2.45) is 22.2 Å². The van der Waals surface area contributed by atoms with Gasteiger partial charge in [0.1, 0.15) is 17.9 Å². The molecule has 0 fully saturated rings. The van der Waals surface area contributed by atoms with Crippen molar-refractivity contribution < 1.29 is 22.8 Å². The van der Waals surface area contributed by atoms with Gasteiger partial charge in [0.15, 0.2) is 5.96 Å². The summed E-state index contributed by atoms with van der Waals surface area (Å²) >= 11 is 0. The molecule has 0 radical (unpaired) electrons. The Bertz CT molecular complexity index is 1520. The van der Waals surface area contributed by atoms with Crippen LogP contribution in [0, 0.1) is 5.41 Å². The summed E-state index contributed by atoms with van der Waals surface area (Å²) in [6, 6.07) is 13.3. The maximum atomic E-state index is 13.7. The molecule has 0 aliphatic heterocycles. The van der Waals surface area contributed by atoms with Gasteiger partial charge in [-0.1, -0.05) is 100 Å². The van der Waals surface area contributed by atoms with Crippen molar-refractivity contribution in [3.05, 3.63) is 71.3 Å². The number of unbranched alkanes of at least 4 members (excludes halogenated alkanes) is 7. The molecule has 0 bridgehead atoms. The number of hydrogen-bond acceptors (Lipinski definition) is 7. The van der Waals surface area contributed by atoms with Crippen LogP contribution in [0.2, 0.25) is 0 Å². The smallest absolute Gasteiger partial charge is 0.242 e. The molecule has 15 heteroatoms. The second-order valence-electron chi connectivity index (χ2n) is 13.0. The van der Waals surface area contributed by atoms with Crippen molar-refractivity contribution in [3.8, 4) is 0 Å². The van der Waals surface area contributed by atoms with E-state index in [-0.39, 0.29) is 49.4 Å². The average molecular weight is 742 g/mol. The second kappa shape index (κ2) is 24.6. The Labute approximate surface area is 309 Å². The van der Waals surface area contributed by atoms with Gasteiger partial charge in [-0.3, -0.25) is 24.8 Å². The fraction of sp³-hybridized carbons (Fsp3) is 0.541. The van der Waals surface area contributed by atoms with Crippen molar-refractivity contribution in [3.63, 3.8) is 0 Å². The molecule has 2 rings (SSSR count). The number of guanidine groups is 1. The minimum absolute atomic E-state index is 0.00157. The molecule has 2 aromatic rings. The van der Waals surface area contributed by atoms with E-state index >= 15 is 0 Å². The zero-order chi connectivity index (χ0) is 38.2. The molecule has 14 nitrogen and oxygen atoms in total. The Morgan fingerprint density at radius 1 is 0.750 bits per heavy atom. The fourth-order valence-corrected chi connectivity index (χ4v) is 6.86. The molecular formula is C37H59N9O5S. The van der Waals surface area contributed by atoms with Crippen LogP contribution in [0.3, 0.4) is 0 Å². The van der Waals surface area contributed by atoms with E-state index in [1.165, 1.54) is 25.7 Å². The highest BCUT2D eigenvalue weighted by Crippen LogP contribution is 2.11. The maximum Gasteiger partial charge on any atom is 0.242 e. The van der Waals surface area contributed by atoms with Crippen LogP contribution >= 0.6 is 0 Å². The number of aliphatic imine (C=N–C) groups is 1. The second-order valence-corrected chi connectivity index (χ2v) is 14.7. The van der Waals surface area contributed by atoms with Gasteiger partial charge in [0.05, 0.1) is 5.75 Å². The molecular weight excluding hydrogens is 683 g/mol. The fourth-order valence-electron chi connectivity index (χ4n) is 5.49. The number of sulfonamides is 1. The average Bonchev–Trinajstić information content (AvgIpc) is 3.11. The Morgan fingerprint density at radius 2 is 1.40 bits per heavy atom. The van der Waals surface area contributed by atoms with Gasteiger partial charge in [-0.05, 0) is 49.7 Å². The van der Waals surface area contributed by atoms with Crippen LogP contribution in [-0.4, -0.2) is 63.1 Å². The lowest BCUT2D eigenvalue weighted by Crippen LogP contribution is -2.53. The number of nitrogens with zero attached hydrogens (tertiary/aromatic N) is 1. The van der Waals surface area contributed by atoms with Gasteiger partial charge in [-0.2, -0.15) is 0 Å². The molecule has 0 aliphatic rings. The van der Waals surface area contributed by atoms with Gasteiger partial charge in [0.2, 0.25) is 27.7 Å². The predicted molar refractivity (Wildman–Crippen MR) is 207 cm³/mol. The Kier molecular flexibility index (Phi) is 20.7. The molecule has 0 heterocycles. The van der Waals surface area contributed by atoms with E-state index in [0.29, 0.717) is 43.4 Å². The summed E-state index contributed by atoms with van der Waals surface area (Å²) < 4.78 is 28.8. The first-order chi connectivity index (χ1) is 24.9. The Hall–Kier alpha value is -4.50. The largest absolute Gasteiger partial charge is 0.384 e. The molecule has 0 aromatic heterocycles. The highest BCUT2D eigenvalue weighted by Gasteiger charge is 2.28. The molecule has 0 unspecified atom stereocenters. The number of carbonyl (C=O) groups is 3. The topological polar surface area (TPSA) is 248 Å². The Balaban J connectivity index is 2.06. The van der Waals surface area contributed by atoms with Crippen LogP contribution in [0.25, 0.3) is 0 Å². The van der Waals surface area contributed by atoms with E-state index in [1.54, 1.807) is 54.6 Å². The number of carbonyl (C=O) groups excluding carboxylic acids is 3. The summed E-state index contributed by atoms with van der Waals surface area (Å²) in [5.74, 6) is -1.62. The summed E-state index contributed by atoms with van der Waals surface area (Å²) in [6.45, 7) is 2.96. The van der Waals surface area contributed by atoms with Gasteiger partial charge in [0.25, 0.3) is 0 Å². The van der Waals surface area contributed by atoms with Crippen LogP contribution in [-0.2, 0) is 36.7 Å². The standard InChI is InChI=1S/C37H59N9O5S/c1-2-3-4-5-6-7-11-19-33(47)42-24-13-12-17-31(35(48)44-26-28-20-22-30(23-21-28)34(38)39)45-36(49)32(18-14-25-43-37(40)41)46-52(50,51)27-29-15-9-8-10-16-29/h8-10,15-16,20-23,31-32,46H,2-7,11-14,17-19,24-27H2,1H3,(H3,38,39)(H,42,47)(H,44,48)(H,45,49)(H4,40,41,43)/t31-,32+/m0/s1. The minimum atomic E-state index is -3.95. The normalized spacial score (nSPS) is 12.3. The summed E-state index contributed by atoms with van der Waals surface area (Å²) in [6.07, 6.45) is 10.1. The number of amides is 3. The van der Waals surface area contributed by atoms with E-state index in [9.17, 15) is 22.8 Å². The predicted octanol–water partition coefficient (Wildman–Crippen LogP) is 3.04. The molecule has 2 atom stereocenters. The Morgan fingerprint density at radius 3 is 2.06 bits per heavy atom. The summed E-state index contributed by atoms with van der Waals surface area (Å²) in [7, 11) is -3.95. The third kappa shape index (κ3) is 19.2. The number of nitrogens with one attached hydrogen (secondary N) is 5. The van der Waals surface area contributed by atoms with Crippen LogP contribution in [0.5, 0.6) is 0 Å². The molecule has 3 amide bonds. The van der Waals surface area contributed by atoms with Crippen LogP contribution in [0.15, 0.2) is 59.6 Å². The van der Waals surface area contributed by atoms with Crippen molar-refractivity contribution in [2.45, 2.75) is 115 Å². The van der Waals surface area contributed by atoms with E-state index in [2.05, 4.69) is 32.6 Å². The third-order valence-electron chi connectivity index (χ3n) is 8.40. The van der Waals surface area contributed by atoms with Crippen molar-refractivity contribution in [2.75, 3.05) is 13.1 Å². The summed E-state index contributed by atoms with van der Waals surface area (Å²) in [5.41, 5.74) is 18.3. The molecule has 0 saturated heterocycles. The van der Waals surface area contributed by atoms with Gasteiger partial charge in [0, 0.05) is 31.6 Å². The number of benzene rings is 2. The van der Waals surface area contributed by atoms with E-state index in [1.807, 2.05) is 0 Å². The number of amidine groups is 1. The van der Waals surface area contributed by atoms with E-state index in [4.69, 9.17) is 22.6 Å². The van der Waals surface area contributed by atoms with Gasteiger partial charge >= 0.3 is 0 Å². The summed E-state index contributed by atoms with van der Waals surface area (Å²) in [5, 5.41) is 16.1. The molecule has 0 spiro atoms. The molecule has 0 aliphatic carbocycles. The lowest BCUT2D eigenvalue weighted by molar-refractivity contribution is -0.130. The van der Waals surface area contributed by atoms with E-state index in [0.717, 1.165) is 24.8 Å². The SMILES string of the molecule is CCCCCCCCCC(=O)NCCCC[C@H](NC(=O)[C@@H](CCCN=C(N)N)NS(=O)(=O)Cc1ccccc1)C(=O)NCc1ccc(C(=N)N)cc1. The lowest BCUT2D eigenvalue weighted by atomic mass is 10.1. The number of hydrogen-bond donors (Lipinski definition) is 8. The monoisotopic (exact) mass is 741 g/mol. The first-order valence-electron chi connectivity index (χ1n) is 18.3. The molecule has 11 N–H and O–H groups in total. The first-order valence-corrected chi connectivity index (χ1v) is 19.9. The minimum Gasteiger partial charge on any atom is -0.384 e. The zero-order valence-electron chi connectivity index (χ0n) is 30.5. The maximum absolute atomic E-state index is 13.7. The van der Waals surface area contributed by atoms with Gasteiger partial charge in [-0.15, -0.1) is 0 Å². The quantitative estimate of drug-likeness (QED) is 0.0383. The van der Waals surface area contributed by atoms with Crippen LogP contribution in [0.1, 0.15) is 107 Å². The highest BCUT2D eigenvalue weighted by atomic mass is 32.2. The highest BCUT2D eigenvalue weighted by molar-refractivity contribution is 7.88. The zero-order valence-corrected chi connectivity index (χ0v) is 31.3. The molecule has 52 heavy (non-hydrogen) atoms. The molecule has 0 saturated carbocycles. The van der Waals surface area contributed by atoms with Crippen LogP contribution in [0.4, 0.5) is 0 Å². The third-order valence-corrected chi connectivity index (χ3v) is 9.75. The molecule has 2 aromatic carbocycles. The van der Waals surface area contributed by atoms with Crippen molar-refractivity contribution in [1.82, 2.24) is 20.7 Å². The summed E-state index contributed by atoms with van der Waals surface area (Å²) in [4.78, 5) is 43.4. The number of nitrogens with two attached hydrogens (primary N) is 3.